The maximum atomic E-state index is 11.7. The number of nitriles is 1. The number of pyridine rings is 1. The number of aryl methyl sites for hydroxylation is 1. The molecule has 0 bridgehead atoms. The molecule has 0 aliphatic heterocycles. The number of thioether (sulfide) groups is 1. The van der Waals surface area contributed by atoms with Crippen molar-refractivity contribution in [3.63, 3.8) is 0 Å². The maximum Gasteiger partial charge on any atom is 0.319 e. The normalized spacial score (nSPS) is 11.9. The van der Waals surface area contributed by atoms with Gasteiger partial charge in [0.1, 0.15) is 16.3 Å². The maximum absolute atomic E-state index is 11.7. The van der Waals surface area contributed by atoms with Crippen LogP contribution in [-0.2, 0) is 9.53 Å². The van der Waals surface area contributed by atoms with E-state index in [1.165, 1.54) is 11.8 Å². The summed E-state index contributed by atoms with van der Waals surface area (Å²) in [6, 6.07) is 9.81. The molecular formula is C16H16N2O2S. The summed E-state index contributed by atoms with van der Waals surface area (Å²) in [5.74, 6) is -0.293. The van der Waals surface area contributed by atoms with Crippen LogP contribution >= 0.6 is 11.8 Å². The Bertz CT molecular complexity index is 722. The molecule has 21 heavy (non-hydrogen) atoms. The molecule has 1 heterocycles. The molecule has 108 valence electrons. The van der Waals surface area contributed by atoms with Gasteiger partial charge in [-0.2, -0.15) is 5.26 Å². The van der Waals surface area contributed by atoms with Crippen LogP contribution in [0.1, 0.15) is 25.0 Å². The largest absolute Gasteiger partial charge is 0.465 e. The Morgan fingerprint density at radius 2 is 2.29 bits per heavy atom. The SMILES string of the molecule is CCOC(=O)[C@H](C)Sc1nc2c(C)cccc2cc1C#N. The lowest BCUT2D eigenvalue weighted by Crippen LogP contribution is -2.17. The molecule has 1 atom stereocenters. The van der Waals surface area contributed by atoms with Crippen LogP contribution in [0.5, 0.6) is 0 Å². The molecule has 0 fully saturated rings. The number of aromatic nitrogens is 1. The van der Waals surface area contributed by atoms with Crippen LogP contribution in [0.4, 0.5) is 0 Å². The van der Waals surface area contributed by atoms with Crippen molar-refractivity contribution in [1.82, 2.24) is 4.98 Å². The van der Waals surface area contributed by atoms with Crippen molar-refractivity contribution in [2.24, 2.45) is 0 Å². The van der Waals surface area contributed by atoms with Gasteiger partial charge in [-0.25, -0.2) is 4.98 Å². The third-order valence-electron chi connectivity index (χ3n) is 3.04. The molecule has 2 aromatic rings. The van der Waals surface area contributed by atoms with Crippen molar-refractivity contribution in [2.75, 3.05) is 6.61 Å². The van der Waals surface area contributed by atoms with Crippen molar-refractivity contribution >= 4 is 28.6 Å². The molecule has 0 N–H and O–H groups in total. The summed E-state index contributed by atoms with van der Waals surface area (Å²) in [5, 5.41) is 10.4. The van der Waals surface area contributed by atoms with Crippen LogP contribution in [0.15, 0.2) is 29.3 Å². The van der Waals surface area contributed by atoms with Crippen LogP contribution in [0.3, 0.4) is 0 Å². The lowest BCUT2D eigenvalue weighted by molar-refractivity contribution is -0.142. The Hall–Kier alpha value is -2.06. The van der Waals surface area contributed by atoms with E-state index in [2.05, 4.69) is 11.1 Å². The second-order valence-electron chi connectivity index (χ2n) is 4.61. The van der Waals surface area contributed by atoms with Gasteiger partial charge in [-0.1, -0.05) is 30.0 Å². The van der Waals surface area contributed by atoms with E-state index in [0.29, 0.717) is 17.2 Å². The quantitative estimate of drug-likeness (QED) is 0.639. The molecule has 2 rings (SSSR count). The number of nitrogens with zero attached hydrogens (tertiary/aromatic N) is 2. The fraction of sp³-hybridized carbons (Fsp3) is 0.312. The highest BCUT2D eigenvalue weighted by Gasteiger charge is 2.19. The van der Waals surface area contributed by atoms with Crippen LogP contribution in [0.2, 0.25) is 0 Å². The standard InChI is InChI=1S/C16H16N2O2S/c1-4-20-16(19)11(3)21-15-13(9-17)8-12-7-5-6-10(2)14(12)18-15/h5-8,11H,4H2,1-3H3/t11-/m0/s1. The minimum absolute atomic E-state index is 0.293. The highest BCUT2D eigenvalue weighted by Crippen LogP contribution is 2.29. The summed E-state index contributed by atoms with van der Waals surface area (Å²) in [4.78, 5) is 16.3. The Kier molecular flexibility index (Phi) is 4.81. The van der Waals surface area contributed by atoms with Gasteiger partial charge >= 0.3 is 5.97 Å². The Morgan fingerprint density at radius 1 is 1.52 bits per heavy atom. The van der Waals surface area contributed by atoms with Gasteiger partial charge in [-0.3, -0.25) is 4.79 Å². The fourth-order valence-corrected chi connectivity index (χ4v) is 2.85. The molecule has 0 aliphatic carbocycles. The van der Waals surface area contributed by atoms with Gasteiger partial charge in [-0.05, 0) is 32.4 Å². The number of hydrogen-bond acceptors (Lipinski definition) is 5. The van der Waals surface area contributed by atoms with Gasteiger partial charge < -0.3 is 4.74 Å². The van der Waals surface area contributed by atoms with E-state index in [0.717, 1.165) is 16.5 Å². The third kappa shape index (κ3) is 3.34. The molecule has 0 unspecified atom stereocenters. The number of hydrogen-bond donors (Lipinski definition) is 0. The molecule has 0 amide bonds. The number of para-hydroxylation sites is 1. The smallest absolute Gasteiger partial charge is 0.319 e. The van der Waals surface area contributed by atoms with E-state index in [4.69, 9.17) is 4.74 Å². The van der Waals surface area contributed by atoms with Crippen LogP contribution < -0.4 is 0 Å². The summed E-state index contributed by atoms with van der Waals surface area (Å²) in [6.07, 6.45) is 0. The van der Waals surface area contributed by atoms with E-state index < -0.39 is 5.25 Å². The second-order valence-corrected chi connectivity index (χ2v) is 5.94. The average Bonchev–Trinajstić information content (AvgIpc) is 2.47. The third-order valence-corrected chi connectivity index (χ3v) is 4.12. The monoisotopic (exact) mass is 300 g/mol. The van der Waals surface area contributed by atoms with Crippen LogP contribution in [-0.4, -0.2) is 22.8 Å². The summed E-state index contributed by atoms with van der Waals surface area (Å²) >= 11 is 1.26. The van der Waals surface area contributed by atoms with Crippen molar-refractivity contribution in [3.05, 3.63) is 35.4 Å². The molecule has 0 saturated heterocycles. The number of esters is 1. The summed E-state index contributed by atoms with van der Waals surface area (Å²) in [5.41, 5.74) is 2.38. The molecule has 4 nitrogen and oxygen atoms in total. The lowest BCUT2D eigenvalue weighted by atomic mass is 10.1. The van der Waals surface area contributed by atoms with Gasteiger partial charge in [0.05, 0.1) is 17.7 Å². The number of carbonyl (C=O) groups is 1. The van der Waals surface area contributed by atoms with Crippen molar-refractivity contribution < 1.29 is 9.53 Å². The number of benzene rings is 1. The first kappa shape index (κ1) is 15.3. The first-order valence-corrected chi connectivity index (χ1v) is 7.58. The fourth-order valence-electron chi connectivity index (χ4n) is 1.97. The molecule has 0 radical (unpaired) electrons. The molecular weight excluding hydrogens is 284 g/mol. The number of fused-ring (bicyclic) bond motifs is 1. The minimum atomic E-state index is -0.397. The molecule has 0 spiro atoms. The van der Waals surface area contributed by atoms with E-state index in [9.17, 15) is 10.1 Å². The zero-order valence-electron chi connectivity index (χ0n) is 12.2. The summed E-state index contributed by atoms with van der Waals surface area (Å²) in [6.45, 7) is 5.85. The predicted molar refractivity (Wildman–Crippen MR) is 83.1 cm³/mol. The van der Waals surface area contributed by atoms with Crippen LogP contribution in [0.25, 0.3) is 10.9 Å². The first-order valence-electron chi connectivity index (χ1n) is 6.70. The zero-order valence-corrected chi connectivity index (χ0v) is 13.0. The summed E-state index contributed by atoms with van der Waals surface area (Å²) in [7, 11) is 0. The van der Waals surface area contributed by atoms with Gasteiger partial charge in [0, 0.05) is 5.39 Å². The average molecular weight is 300 g/mol. The van der Waals surface area contributed by atoms with Crippen LogP contribution in [0, 0.1) is 18.3 Å². The molecule has 0 saturated carbocycles. The van der Waals surface area contributed by atoms with E-state index >= 15 is 0 Å². The van der Waals surface area contributed by atoms with Gasteiger partial charge in [-0.15, -0.1) is 0 Å². The Labute approximate surface area is 128 Å². The zero-order chi connectivity index (χ0) is 15.4. The van der Waals surface area contributed by atoms with Gasteiger partial charge in [0.15, 0.2) is 0 Å². The second kappa shape index (κ2) is 6.59. The highest BCUT2D eigenvalue weighted by atomic mass is 32.2. The number of ether oxygens (including phenoxy) is 1. The first-order chi connectivity index (χ1) is 10.1. The number of carbonyl (C=O) groups excluding carboxylic acids is 1. The van der Waals surface area contributed by atoms with Crippen molar-refractivity contribution in [2.45, 2.75) is 31.0 Å². The molecule has 1 aromatic heterocycles. The Morgan fingerprint density at radius 3 is 2.95 bits per heavy atom. The number of rotatable bonds is 4. The van der Waals surface area contributed by atoms with E-state index in [1.807, 2.05) is 31.2 Å². The minimum Gasteiger partial charge on any atom is -0.465 e. The lowest BCUT2D eigenvalue weighted by Gasteiger charge is -2.11. The van der Waals surface area contributed by atoms with Gasteiger partial charge in [0.2, 0.25) is 0 Å². The van der Waals surface area contributed by atoms with Crippen molar-refractivity contribution in [1.29, 1.82) is 5.26 Å². The molecule has 0 aliphatic rings. The topological polar surface area (TPSA) is 63.0 Å². The Balaban J connectivity index is 2.41. The highest BCUT2D eigenvalue weighted by molar-refractivity contribution is 8.00. The van der Waals surface area contributed by atoms with E-state index in [1.54, 1.807) is 13.8 Å². The van der Waals surface area contributed by atoms with Crippen molar-refractivity contribution in [3.8, 4) is 6.07 Å². The predicted octanol–water partition coefficient (Wildman–Crippen LogP) is 3.46. The van der Waals surface area contributed by atoms with E-state index in [-0.39, 0.29) is 5.97 Å². The molecule has 5 heteroatoms. The summed E-state index contributed by atoms with van der Waals surface area (Å²) < 4.78 is 4.99. The molecule has 1 aromatic carbocycles. The van der Waals surface area contributed by atoms with Gasteiger partial charge in [0.25, 0.3) is 0 Å².